The molecule has 0 atom stereocenters. The van der Waals surface area contributed by atoms with Crippen molar-refractivity contribution in [3.05, 3.63) is 24.3 Å². The van der Waals surface area contributed by atoms with Gasteiger partial charge in [0.15, 0.2) is 0 Å². The fraction of sp³-hybridized carbons (Fsp3) is 0.846. The van der Waals surface area contributed by atoms with E-state index in [1.165, 1.54) is 122 Å². The molecule has 27 heavy (non-hydrogen) atoms. The Morgan fingerprint density at radius 1 is 0.407 bits per heavy atom. The zero-order valence-electron chi connectivity index (χ0n) is 18.6. The molecule has 0 bridgehead atoms. The summed E-state index contributed by atoms with van der Waals surface area (Å²) in [5, 5.41) is 8.73. The van der Waals surface area contributed by atoms with Crippen molar-refractivity contribution in [1.29, 1.82) is 0 Å². The summed E-state index contributed by atoms with van der Waals surface area (Å²) in [6.07, 6.45) is 36.2. The second kappa shape index (κ2) is 25.4. The highest BCUT2D eigenvalue weighted by molar-refractivity contribution is 4.81. The molecular formula is C26H50O. The highest BCUT2D eigenvalue weighted by atomic mass is 16.2. The smallest absolute Gasteiger partial charge is 0.0431 e. The van der Waals surface area contributed by atoms with Crippen LogP contribution in [0.5, 0.6) is 0 Å². The second-order valence-electron chi connectivity index (χ2n) is 8.10. The highest BCUT2D eigenvalue weighted by Crippen LogP contribution is 2.12. The number of rotatable bonds is 22. The molecule has 0 aliphatic carbocycles. The van der Waals surface area contributed by atoms with Crippen molar-refractivity contribution in [2.24, 2.45) is 0 Å². The third kappa shape index (κ3) is 25.4. The number of hydrogen-bond donors (Lipinski definition) is 1. The minimum absolute atomic E-state index is 0.366. The molecule has 0 spiro atoms. The van der Waals surface area contributed by atoms with Crippen LogP contribution in [0, 0.1) is 0 Å². The Bertz CT molecular complexity index is 305. The molecule has 0 aromatic heterocycles. The van der Waals surface area contributed by atoms with E-state index >= 15 is 0 Å². The van der Waals surface area contributed by atoms with Crippen LogP contribution in [0.1, 0.15) is 135 Å². The van der Waals surface area contributed by atoms with Crippen LogP contribution in [0.15, 0.2) is 24.3 Å². The summed E-state index contributed by atoms with van der Waals surface area (Å²) in [5.41, 5.74) is 0. The number of hydrogen-bond acceptors (Lipinski definition) is 1. The maximum atomic E-state index is 8.73. The van der Waals surface area contributed by atoms with Gasteiger partial charge in [0.25, 0.3) is 0 Å². The first-order valence-electron chi connectivity index (χ1n) is 12.3. The summed E-state index contributed by atoms with van der Waals surface area (Å²) in [7, 11) is 0. The molecule has 160 valence electrons. The van der Waals surface area contributed by atoms with Gasteiger partial charge in [0.2, 0.25) is 0 Å². The molecule has 1 nitrogen and oxygen atoms in total. The first kappa shape index (κ1) is 26.4. The maximum Gasteiger partial charge on any atom is 0.0431 e. The Labute approximate surface area is 171 Å². The molecule has 0 aromatic carbocycles. The molecule has 0 amide bonds. The Balaban J connectivity index is 3.08. The maximum absolute atomic E-state index is 8.73. The fourth-order valence-electron chi connectivity index (χ4n) is 3.54. The highest BCUT2D eigenvalue weighted by Gasteiger charge is 1.93. The topological polar surface area (TPSA) is 20.2 Å². The van der Waals surface area contributed by atoms with Crippen LogP contribution >= 0.6 is 0 Å². The van der Waals surface area contributed by atoms with Gasteiger partial charge in [-0.2, -0.15) is 0 Å². The third-order valence-corrected chi connectivity index (χ3v) is 5.34. The van der Waals surface area contributed by atoms with Crippen molar-refractivity contribution in [1.82, 2.24) is 0 Å². The summed E-state index contributed by atoms with van der Waals surface area (Å²) in [6.45, 7) is 2.57. The Morgan fingerprint density at radius 2 is 0.704 bits per heavy atom. The van der Waals surface area contributed by atoms with Gasteiger partial charge in [0.05, 0.1) is 0 Å². The van der Waals surface area contributed by atoms with Crippen molar-refractivity contribution >= 4 is 0 Å². The van der Waals surface area contributed by atoms with E-state index in [0.29, 0.717) is 6.61 Å². The Hall–Kier alpha value is -0.560. The third-order valence-electron chi connectivity index (χ3n) is 5.34. The molecule has 0 saturated heterocycles. The van der Waals surface area contributed by atoms with E-state index in [9.17, 15) is 0 Å². The van der Waals surface area contributed by atoms with E-state index in [1.807, 2.05) is 0 Å². The van der Waals surface area contributed by atoms with Gasteiger partial charge in [-0.15, -0.1) is 0 Å². The zero-order chi connectivity index (χ0) is 19.7. The predicted octanol–water partition coefficient (Wildman–Crippen LogP) is 8.91. The predicted molar refractivity (Wildman–Crippen MR) is 123 cm³/mol. The van der Waals surface area contributed by atoms with Gasteiger partial charge in [0, 0.05) is 6.61 Å². The summed E-state index contributed by atoms with van der Waals surface area (Å²) in [4.78, 5) is 0. The van der Waals surface area contributed by atoms with Gasteiger partial charge in [-0.25, -0.2) is 0 Å². The molecule has 0 unspecified atom stereocenters. The largest absolute Gasteiger partial charge is 0.396 e. The molecule has 0 aliphatic heterocycles. The van der Waals surface area contributed by atoms with Crippen LogP contribution < -0.4 is 0 Å². The van der Waals surface area contributed by atoms with Gasteiger partial charge < -0.3 is 5.11 Å². The average molecular weight is 379 g/mol. The molecular weight excluding hydrogens is 328 g/mol. The van der Waals surface area contributed by atoms with E-state index in [0.717, 1.165) is 6.42 Å². The lowest BCUT2D eigenvalue weighted by Crippen LogP contribution is -1.84. The lowest BCUT2D eigenvalue weighted by atomic mass is 10.1. The molecule has 0 aromatic rings. The standard InChI is InChI=1S/C26H50O/c1-2-3-4-5-6-7-8-9-10-11-12-13-14-15-16-17-18-19-20-21-22-23-24-25-26-27/h3-4,14-15,27H,2,5-13,16-26H2,1H3/b4-3+,15-14+. The zero-order valence-corrected chi connectivity index (χ0v) is 18.6. The normalized spacial score (nSPS) is 11.9. The second-order valence-corrected chi connectivity index (χ2v) is 8.10. The van der Waals surface area contributed by atoms with Crippen LogP contribution in [-0.4, -0.2) is 11.7 Å². The van der Waals surface area contributed by atoms with E-state index < -0.39 is 0 Å². The number of allylic oxidation sites excluding steroid dienone is 4. The van der Waals surface area contributed by atoms with Gasteiger partial charge >= 0.3 is 0 Å². The molecule has 0 rings (SSSR count). The number of aliphatic hydroxyl groups is 1. The summed E-state index contributed by atoms with van der Waals surface area (Å²) >= 11 is 0. The van der Waals surface area contributed by atoms with Crippen molar-refractivity contribution < 1.29 is 5.11 Å². The van der Waals surface area contributed by atoms with E-state index in [4.69, 9.17) is 5.11 Å². The summed E-state index contributed by atoms with van der Waals surface area (Å²) < 4.78 is 0. The minimum atomic E-state index is 0.366. The molecule has 1 N–H and O–H groups in total. The Morgan fingerprint density at radius 3 is 1.04 bits per heavy atom. The number of unbranched alkanes of at least 4 members (excludes halogenated alkanes) is 17. The lowest BCUT2D eigenvalue weighted by molar-refractivity contribution is 0.282. The molecule has 0 heterocycles. The Kier molecular flexibility index (Phi) is 24.9. The van der Waals surface area contributed by atoms with E-state index in [-0.39, 0.29) is 0 Å². The number of aliphatic hydroxyl groups excluding tert-OH is 1. The quantitative estimate of drug-likeness (QED) is 0.147. The van der Waals surface area contributed by atoms with Crippen molar-refractivity contribution in [2.75, 3.05) is 6.61 Å². The van der Waals surface area contributed by atoms with Crippen LogP contribution in [0.3, 0.4) is 0 Å². The van der Waals surface area contributed by atoms with Gasteiger partial charge in [0.1, 0.15) is 0 Å². The molecule has 0 fully saturated rings. The molecule has 0 aliphatic rings. The van der Waals surface area contributed by atoms with E-state index in [1.54, 1.807) is 0 Å². The SMILES string of the molecule is CC/C=C/CCCCCCCCC/C=C/CCCCCCCCCCCO. The van der Waals surface area contributed by atoms with Gasteiger partial charge in [-0.05, 0) is 51.4 Å². The van der Waals surface area contributed by atoms with E-state index in [2.05, 4.69) is 31.2 Å². The van der Waals surface area contributed by atoms with Crippen LogP contribution in [0.25, 0.3) is 0 Å². The molecule has 1 heteroatoms. The first-order valence-corrected chi connectivity index (χ1v) is 12.3. The van der Waals surface area contributed by atoms with Crippen molar-refractivity contribution in [3.63, 3.8) is 0 Å². The molecule has 0 radical (unpaired) electrons. The van der Waals surface area contributed by atoms with Crippen molar-refractivity contribution in [3.8, 4) is 0 Å². The summed E-state index contributed by atoms with van der Waals surface area (Å²) in [6, 6.07) is 0. The average Bonchev–Trinajstić information content (AvgIpc) is 2.68. The first-order chi connectivity index (χ1) is 13.4. The molecule has 0 saturated carbocycles. The fourth-order valence-corrected chi connectivity index (χ4v) is 3.54. The van der Waals surface area contributed by atoms with Crippen LogP contribution in [-0.2, 0) is 0 Å². The van der Waals surface area contributed by atoms with Crippen molar-refractivity contribution in [2.45, 2.75) is 135 Å². The monoisotopic (exact) mass is 378 g/mol. The van der Waals surface area contributed by atoms with Gasteiger partial charge in [-0.1, -0.05) is 108 Å². The van der Waals surface area contributed by atoms with Crippen LogP contribution in [0.2, 0.25) is 0 Å². The minimum Gasteiger partial charge on any atom is -0.396 e. The lowest BCUT2D eigenvalue weighted by Gasteiger charge is -2.01. The van der Waals surface area contributed by atoms with Crippen LogP contribution in [0.4, 0.5) is 0 Å². The van der Waals surface area contributed by atoms with Gasteiger partial charge in [-0.3, -0.25) is 0 Å². The summed E-state index contributed by atoms with van der Waals surface area (Å²) in [5.74, 6) is 0.